The molecule has 0 aromatic carbocycles. The van der Waals surface area contributed by atoms with Crippen LogP contribution in [0.15, 0.2) is 10.7 Å². The van der Waals surface area contributed by atoms with Gasteiger partial charge in [0.25, 0.3) is 0 Å². The zero-order valence-corrected chi connectivity index (χ0v) is 16.6. The van der Waals surface area contributed by atoms with Crippen LogP contribution in [-0.4, -0.2) is 35.9 Å². The number of hydrogen-bond donors (Lipinski definition) is 0. The van der Waals surface area contributed by atoms with Crippen LogP contribution in [0.1, 0.15) is 77.3 Å². The Balaban J connectivity index is 1.93. The molecule has 1 saturated carbocycles. The molecule has 7 nitrogen and oxygen atoms in total. The zero-order valence-electron chi connectivity index (χ0n) is 16.6. The molecule has 0 amide bonds. The molecule has 1 fully saturated rings. The first kappa shape index (κ1) is 21.1. The van der Waals surface area contributed by atoms with Gasteiger partial charge in [0, 0.05) is 11.8 Å². The van der Waals surface area contributed by atoms with E-state index >= 15 is 0 Å². The predicted octanol–water partition coefficient (Wildman–Crippen LogP) is 3.31. The van der Waals surface area contributed by atoms with Gasteiger partial charge in [0.1, 0.15) is 23.9 Å². The topological polar surface area (TPSA) is 95.7 Å². The van der Waals surface area contributed by atoms with Crippen molar-refractivity contribution in [3.05, 3.63) is 17.8 Å². The Kier molecular flexibility index (Phi) is 7.16. The molecule has 0 spiro atoms. The number of carbonyl (C=O) groups is 3. The van der Waals surface area contributed by atoms with Gasteiger partial charge in [-0.1, -0.05) is 0 Å². The first-order valence-electron chi connectivity index (χ1n) is 9.61. The summed E-state index contributed by atoms with van der Waals surface area (Å²) in [5, 5.41) is 0. The van der Waals surface area contributed by atoms with Gasteiger partial charge in [-0.2, -0.15) is 0 Å². The Hall–Kier alpha value is -2.18. The monoisotopic (exact) mass is 379 g/mol. The first-order chi connectivity index (χ1) is 12.8. The van der Waals surface area contributed by atoms with Crippen LogP contribution in [0.5, 0.6) is 0 Å². The summed E-state index contributed by atoms with van der Waals surface area (Å²) in [4.78, 5) is 40.3. The molecular weight excluding hydrogens is 350 g/mol. The van der Waals surface area contributed by atoms with Crippen molar-refractivity contribution in [1.82, 2.24) is 4.98 Å². The smallest absolute Gasteiger partial charge is 0.317 e. The van der Waals surface area contributed by atoms with Crippen molar-refractivity contribution < 1.29 is 28.3 Å². The minimum Gasteiger partial charge on any atom is -0.466 e. The van der Waals surface area contributed by atoms with Gasteiger partial charge in [-0.25, -0.2) is 4.98 Å². The lowest BCUT2D eigenvalue weighted by molar-refractivity contribution is -0.149. The fourth-order valence-electron chi connectivity index (χ4n) is 3.34. The van der Waals surface area contributed by atoms with Crippen LogP contribution in [0.2, 0.25) is 0 Å². The van der Waals surface area contributed by atoms with E-state index in [1.165, 1.54) is 6.26 Å². The molecule has 7 heteroatoms. The lowest BCUT2D eigenvalue weighted by Crippen LogP contribution is -2.31. The molecule has 0 saturated heterocycles. The molecule has 27 heavy (non-hydrogen) atoms. The summed E-state index contributed by atoms with van der Waals surface area (Å²) >= 11 is 0. The molecule has 1 aliphatic rings. The van der Waals surface area contributed by atoms with Crippen molar-refractivity contribution in [1.29, 1.82) is 0 Å². The summed E-state index contributed by atoms with van der Waals surface area (Å²) in [6, 6.07) is 0. The van der Waals surface area contributed by atoms with Crippen LogP contribution in [0, 0.1) is 5.92 Å². The van der Waals surface area contributed by atoms with Crippen molar-refractivity contribution >= 4 is 17.7 Å². The number of hydrogen-bond acceptors (Lipinski definition) is 7. The fraction of sp³-hybridized carbons (Fsp3) is 0.700. The molecule has 0 radical (unpaired) electrons. The molecule has 0 atom stereocenters. The van der Waals surface area contributed by atoms with Gasteiger partial charge in [-0.05, 0) is 53.4 Å². The van der Waals surface area contributed by atoms with E-state index in [1.54, 1.807) is 27.7 Å². The Bertz CT molecular complexity index is 670. The largest absolute Gasteiger partial charge is 0.466 e. The Morgan fingerprint density at radius 2 is 1.74 bits per heavy atom. The summed E-state index contributed by atoms with van der Waals surface area (Å²) < 4.78 is 15.6. The lowest BCUT2D eigenvalue weighted by Gasteiger charge is -2.25. The summed E-state index contributed by atoms with van der Waals surface area (Å²) in [6.07, 6.45) is 4.28. The van der Waals surface area contributed by atoms with Gasteiger partial charge in [-0.3, -0.25) is 14.4 Å². The Morgan fingerprint density at radius 1 is 1.11 bits per heavy atom. The van der Waals surface area contributed by atoms with Crippen LogP contribution in [-0.2, 0) is 29.3 Å². The summed E-state index contributed by atoms with van der Waals surface area (Å²) in [5.74, 6) is -0.247. The van der Waals surface area contributed by atoms with Crippen LogP contribution >= 0.6 is 0 Å². The van der Waals surface area contributed by atoms with Crippen molar-refractivity contribution in [3.63, 3.8) is 0 Å². The molecule has 2 rings (SSSR count). The second kappa shape index (κ2) is 9.15. The van der Waals surface area contributed by atoms with E-state index in [0.717, 1.165) is 12.8 Å². The maximum absolute atomic E-state index is 12.2. The van der Waals surface area contributed by atoms with Gasteiger partial charge in [0.05, 0.1) is 18.9 Å². The van der Waals surface area contributed by atoms with Gasteiger partial charge in [-0.15, -0.1) is 0 Å². The second-order valence-electron chi connectivity index (χ2n) is 7.41. The SMILES string of the molecule is CCOC(=O)CC(=O)C1CCC(c2nc(C(C)(C)C(=O)OCC)co2)CC1. The second-order valence-corrected chi connectivity index (χ2v) is 7.41. The molecule has 1 aromatic rings. The van der Waals surface area contributed by atoms with Crippen LogP contribution in [0.4, 0.5) is 0 Å². The molecule has 0 N–H and O–H groups in total. The van der Waals surface area contributed by atoms with E-state index in [0.29, 0.717) is 31.0 Å². The van der Waals surface area contributed by atoms with E-state index in [2.05, 4.69) is 4.98 Å². The normalized spacial score (nSPS) is 20.1. The predicted molar refractivity (Wildman–Crippen MR) is 97.1 cm³/mol. The summed E-state index contributed by atoms with van der Waals surface area (Å²) in [5.41, 5.74) is -0.318. The standard InChI is InChI=1S/C20H29NO6/c1-5-25-17(23)11-15(22)13-7-9-14(10-8-13)18-21-16(12-27-18)20(3,4)19(24)26-6-2/h12-14H,5-11H2,1-4H3. The number of ketones is 1. The van der Waals surface area contributed by atoms with Gasteiger partial charge in [0.2, 0.25) is 0 Å². The van der Waals surface area contributed by atoms with E-state index in [1.807, 2.05) is 0 Å². The van der Waals surface area contributed by atoms with Crippen LogP contribution in [0.25, 0.3) is 0 Å². The highest BCUT2D eigenvalue weighted by Gasteiger charge is 2.36. The zero-order chi connectivity index (χ0) is 20.0. The van der Waals surface area contributed by atoms with Gasteiger partial charge < -0.3 is 13.9 Å². The number of rotatable bonds is 8. The number of nitrogens with zero attached hydrogens (tertiary/aromatic N) is 1. The van der Waals surface area contributed by atoms with Crippen LogP contribution in [0.3, 0.4) is 0 Å². The fourth-order valence-corrected chi connectivity index (χ4v) is 3.34. The van der Waals surface area contributed by atoms with Crippen LogP contribution < -0.4 is 0 Å². The van der Waals surface area contributed by atoms with E-state index < -0.39 is 11.4 Å². The minimum absolute atomic E-state index is 0.0524. The average molecular weight is 379 g/mol. The quantitative estimate of drug-likeness (QED) is 0.505. The lowest BCUT2D eigenvalue weighted by atomic mass is 9.79. The van der Waals surface area contributed by atoms with Crippen molar-refractivity contribution in [2.24, 2.45) is 5.92 Å². The number of aromatic nitrogens is 1. The maximum atomic E-state index is 12.2. The Morgan fingerprint density at radius 3 is 2.33 bits per heavy atom. The number of oxazole rings is 1. The summed E-state index contributed by atoms with van der Waals surface area (Å²) in [6.45, 7) is 7.62. The molecule has 1 aliphatic carbocycles. The number of carbonyl (C=O) groups excluding carboxylic acids is 3. The highest BCUT2D eigenvalue weighted by atomic mass is 16.5. The van der Waals surface area contributed by atoms with E-state index in [9.17, 15) is 14.4 Å². The molecule has 1 heterocycles. The van der Waals surface area contributed by atoms with Crippen molar-refractivity contribution in [2.45, 2.75) is 71.1 Å². The minimum atomic E-state index is -0.870. The molecule has 0 bridgehead atoms. The molecular formula is C20H29NO6. The highest BCUT2D eigenvalue weighted by molar-refractivity contribution is 5.96. The number of ether oxygens (including phenoxy) is 2. The third-order valence-electron chi connectivity index (χ3n) is 5.10. The van der Waals surface area contributed by atoms with Gasteiger partial charge in [0.15, 0.2) is 5.89 Å². The molecule has 0 unspecified atom stereocenters. The average Bonchev–Trinajstić information content (AvgIpc) is 3.13. The third-order valence-corrected chi connectivity index (χ3v) is 5.10. The molecule has 150 valence electrons. The first-order valence-corrected chi connectivity index (χ1v) is 9.61. The number of Topliss-reactive ketones (excluding diaryl/α,β-unsaturated/α-hetero) is 1. The van der Waals surface area contributed by atoms with E-state index in [-0.39, 0.29) is 36.6 Å². The molecule has 0 aliphatic heterocycles. The summed E-state index contributed by atoms with van der Waals surface area (Å²) in [7, 11) is 0. The maximum Gasteiger partial charge on any atom is 0.317 e. The Labute approximate surface area is 159 Å². The highest BCUT2D eigenvalue weighted by Crippen LogP contribution is 2.37. The van der Waals surface area contributed by atoms with Crippen molar-refractivity contribution in [3.8, 4) is 0 Å². The van der Waals surface area contributed by atoms with Crippen molar-refractivity contribution in [2.75, 3.05) is 13.2 Å². The molecule has 1 aromatic heterocycles. The van der Waals surface area contributed by atoms with E-state index in [4.69, 9.17) is 13.9 Å². The third kappa shape index (κ3) is 5.17. The van der Waals surface area contributed by atoms with Gasteiger partial charge >= 0.3 is 11.9 Å². The number of esters is 2.